The van der Waals surface area contributed by atoms with Crippen molar-refractivity contribution < 1.29 is 26.9 Å². The fraction of sp³-hybridized carbons (Fsp3) is 0.417. The van der Waals surface area contributed by atoms with Crippen LogP contribution in [0.3, 0.4) is 0 Å². The van der Waals surface area contributed by atoms with Crippen molar-refractivity contribution in [2.75, 3.05) is 26.9 Å². The zero-order valence-electron chi connectivity index (χ0n) is 10.6. The number of hydrogen-bond acceptors (Lipinski definition) is 6. The standard InChI is InChI=1S/C12H16O6S/c1-16-12(13)9-17-7-8-18-19(14,15)10-11-5-3-2-4-6-11/h2-6H,7-10H2,1H3. The average molecular weight is 288 g/mol. The summed E-state index contributed by atoms with van der Waals surface area (Å²) in [6.45, 7) is -0.353. The highest BCUT2D eigenvalue weighted by molar-refractivity contribution is 7.85. The SMILES string of the molecule is COC(=O)COCCOS(=O)(=O)Cc1ccccc1. The Balaban J connectivity index is 2.26. The number of carbonyl (C=O) groups excluding carboxylic acids is 1. The third-order valence-corrected chi connectivity index (χ3v) is 3.34. The predicted octanol–water partition coefficient (Wildman–Crippen LogP) is 0.723. The van der Waals surface area contributed by atoms with Gasteiger partial charge in [-0.2, -0.15) is 8.42 Å². The van der Waals surface area contributed by atoms with Crippen LogP contribution in [0.25, 0.3) is 0 Å². The summed E-state index contributed by atoms with van der Waals surface area (Å²) >= 11 is 0. The van der Waals surface area contributed by atoms with Crippen molar-refractivity contribution in [3.63, 3.8) is 0 Å². The third-order valence-electron chi connectivity index (χ3n) is 2.12. The maximum absolute atomic E-state index is 11.6. The van der Waals surface area contributed by atoms with Gasteiger partial charge in [0.05, 0.1) is 20.3 Å². The second kappa shape index (κ2) is 7.88. The summed E-state index contributed by atoms with van der Waals surface area (Å²) in [5.74, 6) is -0.711. The Kier molecular flexibility index (Phi) is 6.48. The predicted molar refractivity (Wildman–Crippen MR) is 67.9 cm³/mol. The van der Waals surface area contributed by atoms with Gasteiger partial charge in [0.1, 0.15) is 12.4 Å². The van der Waals surface area contributed by atoms with Crippen molar-refractivity contribution in [3.8, 4) is 0 Å². The first-order valence-corrected chi connectivity index (χ1v) is 7.17. The lowest BCUT2D eigenvalue weighted by Gasteiger charge is -2.06. The number of methoxy groups -OCH3 is 1. The molecule has 0 heterocycles. The molecule has 0 unspecified atom stereocenters. The molecule has 0 radical (unpaired) electrons. The summed E-state index contributed by atoms with van der Waals surface area (Å²) in [5.41, 5.74) is 0.651. The van der Waals surface area contributed by atoms with E-state index in [9.17, 15) is 13.2 Å². The van der Waals surface area contributed by atoms with Crippen LogP contribution in [0.4, 0.5) is 0 Å². The Labute approximate surface area is 112 Å². The van der Waals surface area contributed by atoms with Crippen LogP contribution in [0.2, 0.25) is 0 Å². The van der Waals surface area contributed by atoms with E-state index in [4.69, 9.17) is 8.92 Å². The number of rotatable bonds is 8. The van der Waals surface area contributed by atoms with Crippen molar-refractivity contribution in [2.24, 2.45) is 0 Å². The van der Waals surface area contributed by atoms with E-state index in [0.29, 0.717) is 5.56 Å². The number of ether oxygens (including phenoxy) is 2. The maximum Gasteiger partial charge on any atom is 0.331 e. The van der Waals surface area contributed by atoms with Crippen LogP contribution in [-0.2, 0) is 34.3 Å². The summed E-state index contributed by atoms with van der Waals surface area (Å²) in [6.07, 6.45) is 0. The minimum Gasteiger partial charge on any atom is -0.467 e. The molecule has 0 aliphatic heterocycles. The molecule has 106 valence electrons. The Bertz CT molecular complexity index is 482. The largest absolute Gasteiger partial charge is 0.467 e. The molecule has 0 spiro atoms. The number of benzene rings is 1. The summed E-state index contributed by atoms with van der Waals surface area (Å²) in [7, 11) is -2.39. The zero-order valence-corrected chi connectivity index (χ0v) is 11.4. The third kappa shape index (κ3) is 6.90. The van der Waals surface area contributed by atoms with Crippen molar-refractivity contribution >= 4 is 16.1 Å². The molecule has 6 nitrogen and oxygen atoms in total. The molecule has 7 heteroatoms. The Hall–Kier alpha value is -1.44. The lowest BCUT2D eigenvalue weighted by atomic mass is 10.2. The van der Waals surface area contributed by atoms with Gasteiger partial charge in [-0.3, -0.25) is 4.18 Å². The molecule has 0 bridgehead atoms. The summed E-state index contributed by atoms with van der Waals surface area (Å²) < 4.78 is 37.1. The van der Waals surface area contributed by atoms with Gasteiger partial charge in [0.15, 0.2) is 0 Å². The van der Waals surface area contributed by atoms with E-state index in [2.05, 4.69) is 4.74 Å². The fourth-order valence-electron chi connectivity index (χ4n) is 1.25. The van der Waals surface area contributed by atoms with Crippen molar-refractivity contribution in [1.82, 2.24) is 0 Å². The lowest BCUT2D eigenvalue weighted by Crippen LogP contribution is -2.16. The molecular formula is C12H16O6S. The first kappa shape index (κ1) is 15.6. The Morgan fingerprint density at radius 2 is 1.84 bits per heavy atom. The van der Waals surface area contributed by atoms with Crippen LogP contribution in [-0.4, -0.2) is 41.3 Å². The molecule has 0 N–H and O–H groups in total. The molecule has 0 aliphatic rings. The lowest BCUT2D eigenvalue weighted by molar-refractivity contribution is -0.146. The maximum atomic E-state index is 11.6. The molecule has 1 aromatic carbocycles. The van der Waals surface area contributed by atoms with Gasteiger partial charge in [-0.15, -0.1) is 0 Å². The zero-order chi connectivity index (χ0) is 14.1. The minimum atomic E-state index is -3.64. The van der Waals surface area contributed by atoms with E-state index in [-0.39, 0.29) is 25.6 Å². The molecule has 0 amide bonds. The highest BCUT2D eigenvalue weighted by atomic mass is 32.2. The molecule has 1 aromatic rings. The van der Waals surface area contributed by atoms with E-state index in [1.54, 1.807) is 30.3 Å². The van der Waals surface area contributed by atoms with Crippen LogP contribution in [0, 0.1) is 0 Å². The molecule has 0 aromatic heterocycles. The van der Waals surface area contributed by atoms with Crippen molar-refractivity contribution in [2.45, 2.75) is 5.75 Å². The van der Waals surface area contributed by atoms with Crippen LogP contribution in [0.1, 0.15) is 5.56 Å². The summed E-state index contributed by atoms with van der Waals surface area (Å²) in [5, 5.41) is 0. The quantitative estimate of drug-likeness (QED) is 0.398. The van der Waals surface area contributed by atoms with Crippen LogP contribution in [0.5, 0.6) is 0 Å². The van der Waals surface area contributed by atoms with Gasteiger partial charge >= 0.3 is 5.97 Å². The van der Waals surface area contributed by atoms with Gasteiger partial charge in [-0.25, -0.2) is 4.79 Å². The molecule has 0 saturated heterocycles. The first-order valence-electron chi connectivity index (χ1n) is 5.59. The smallest absolute Gasteiger partial charge is 0.331 e. The molecule has 0 saturated carbocycles. The minimum absolute atomic E-state index is 0.00309. The van der Waals surface area contributed by atoms with Crippen LogP contribution < -0.4 is 0 Å². The topological polar surface area (TPSA) is 78.9 Å². The summed E-state index contributed by atoms with van der Waals surface area (Å²) in [6, 6.07) is 8.72. The van der Waals surface area contributed by atoms with E-state index in [1.165, 1.54) is 7.11 Å². The second-order valence-corrected chi connectivity index (χ2v) is 5.28. The molecule has 1 rings (SSSR count). The number of carbonyl (C=O) groups is 1. The molecular weight excluding hydrogens is 272 g/mol. The van der Waals surface area contributed by atoms with E-state index < -0.39 is 16.1 Å². The number of hydrogen-bond donors (Lipinski definition) is 0. The van der Waals surface area contributed by atoms with Gasteiger partial charge < -0.3 is 9.47 Å². The van der Waals surface area contributed by atoms with Crippen molar-refractivity contribution in [1.29, 1.82) is 0 Å². The molecule has 0 fully saturated rings. The normalized spacial score (nSPS) is 11.2. The van der Waals surface area contributed by atoms with Gasteiger partial charge in [-0.1, -0.05) is 30.3 Å². The van der Waals surface area contributed by atoms with Gasteiger partial charge in [0.2, 0.25) is 0 Å². The van der Waals surface area contributed by atoms with Gasteiger partial charge in [0, 0.05) is 0 Å². The highest BCUT2D eigenvalue weighted by Crippen LogP contribution is 2.06. The van der Waals surface area contributed by atoms with E-state index in [0.717, 1.165) is 0 Å². The van der Waals surface area contributed by atoms with Gasteiger partial charge in [-0.05, 0) is 5.56 Å². The molecule has 19 heavy (non-hydrogen) atoms. The highest BCUT2D eigenvalue weighted by Gasteiger charge is 2.12. The first-order chi connectivity index (χ1) is 9.03. The van der Waals surface area contributed by atoms with Crippen LogP contribution in [0.15, 0.2) is 30.3 Å². The molecule has 0 aliphatic carbocycles. The number of esters is 1. The van der Waals surface area contributed by atoms with Crippen molar-refractivity contribution in [3.05, 3.63) is 35.9 Å². The Morgan fingerprint density at radius 3 is 2.47 bits per heavy atom. The molecule has 0 atom stereocenters. The van der Waals surface area contributed by atoms with E-state index in [1.807, 2.05) is 0 Å². The van der Waals surface area contributed by atoms with Crippen LogP contribution >= 0.6 is 0 Å². The second-order valence-electron chi connectivity index (χ2n) is 3.64. The van der Waals surface area contributed by atoms with Gasteiger partial charge in [0.25, 0.3) is 10.1 Å². The van der Waals surface area contributed by atoms with E-state index >= 15 is 0 Å². The Morgan fingerprint density at radius 1 is 1.16 bits per heavy atom. The fourth-order valence-corrected chi connectivity index (χ4v) is 2.26. The average Bonchev–Trinajstić information content (AvgIpc) is 2.38. The summed E-state index contributed by atoms with van der Waals surface area (Å²) in [4.78, 5) is 10.7. The monoisotopic (exact) mass is 288 g/mol.